The average Bonchev–Trinajstić information content (AvgIpc) is 3.05. The Balaban J connectivity index is 0.00000182. The minimum atomic E-state index is -0.500. The summed E-state index contributed by atoms with van der Waals surface area (Å²) in [7, 11) is 0. The average molecular weight is 417 g/mol. The Labute approximate surface area is 167 Å². The Morgan fingerprint density at radius 3 is 2.56 bits per heavy atom. The fraction of sp³-hybridized carbons (Fsp3) is 0.368. The smallest absolute Gasteiger partial charge is 0.0930 e. The number of hydrogen-bond donors (Lipinski definition) is 1. The van der Waals surface area contributed by atoms with Crippen LogP contribution in [0.2, 0.25) is 10.0 Å². The molecule has 1 unspecified atom stereocenters. The van der Waals surface area contributed by atoms with Gasteiger partial charge >= 0.3 is 0 Å². The van der Waals surface area contributed by atoms with Crippen LogP contribution in [-0.2, 0) is 0 Å². The first-order valence-electron chi connectivity index (χ1n) is 8.33. The Kier molecular flexibility index (Phi) is 6.15. The van der Waals surface area contributed by atoms with E-state index in [0.29, 0.717) is 16.6 Å². The summed E-state index contributed by atoms with van der Waals surface area (Å²) in [6.45, 7) is 2.84. The van der Waals surface area contributed by atoms with Gasteiger partial charge in [-0.1, -0.05) is 29.6 Å². The van der Waals surface area contributed by atoms with E-state index in [1.54, 1.807) is 17.4 Å². The van der Waals surface area contributed by atoms with Gasteiger partial charge in [0.25, 0.3) is 0 Å². The zero-order chi connectivity index (χ0) is 16.7. The highest BCUT2D eigenvalue weighted by Crippen LogP contribution is 2.39. The van der Waals surface area contributed by atoms with Crippen LogP contribution in [0.5, 0.6) is 0 Å². The van der Waals surface area contributed by atoms with Crippen LogP contribution in [0.25, 0.3) is 20.9 Å². The van der Waals surface area contributed by atoms with E-state index in [4.69, 9.17) is 23.2 Å². The molecule has 6 heteroatoms. The van der Waals surface area contributed by atoms with Gasteiger partial charge in [0.05, 0.1) is 6.10 Å². The fourth-order valence-corrected chi connectivity index (χ4v) is 5.18. The van der Waals surface area contributed by atoms with E-state index in [1.807, 2.05) is 12.1 Å². The second-order valence-corrected chi connectivity index (χ2v) is 8.25. The van der Waals surface area contributed by atoms with E-state index in [0.717, 1.165) is 39.5 Å². The van der Waals surface area contributed by atoms with Gasteiger partial charge in [-0.05, 0) is 61.0 Å². The number of fused-ring (bicyclic) bond motifs is 3. The highest BCUT2D eigenvalue weighted by atomic mass is 35.5. The second-order valence-electron chi connectivity index (χ2n) is 6.49. The number of nitrogens with zero attached hydrogens (tertiary/aromatic N) is 1. The minimum Gasteiger partial charge on any atom is -0.387 e. The Morgan fingerprint density at radius 1 is 1.04 bits per heavy atom. The lowest BCUT2D eigenvalue weighted by Crippen LogP contribution is -2.33. The van der Waals surface area contributed by atoms with Crippen molar-refractivity contribution in [2.75, 3.05) is 19.6 Å². The zero-order valence-corrected chi connectivity index (χ0v) is 16.8. The van der Waals surface area contributed by atoms with Crippen molar-refractivity contribution in [3.63, 3.8) is 0 Å². The maximum atomic E-state index is 10.9. The summed E-state index contributed by atoms with van der Waals surface area (Å²) in [5, 5.41) is 17.4. The first-order valence-corrected chi connectivity index (χ1v) is 9.96. The van der Waals surface area contributed by atoms with Gasteiger partial charge in [-0.2, -0.15) is 0 Å². The van der Waals surface area contributed by atoms with E-state index in [2.05, 4.69) is 16.3 Å². The molecule has 3 aromatic rings. The van der Waals surface area contributed by atoms with Crippen molar-refractivity contribution in [2.24, 2.45) is 0 Å². The number of piperidine rings is 1. The standard InChI is InChI=1S/C19H19Cl2NOS.ClH/c20-12-8-14-13-4-7-24-19(13)16(10-15(14)17(21)9-12)18(23)11-22-5-2-1-3-6-22;/h4,7-10,18,23H,1-3,5-6,11H2;1H. The van der Waals surface area contributed by atoms with Gasteiger partial charge in [0.1, 0.15) is 0 Å². The monoisotopic (exact) mass is 415 g/mol. The van der Waals surface area contributed by atoms with Crippen LogP contribution in [0.4, 0.5) is 0 Å². The van der Waals surface area contributed by atoms with Crippen molar-refractivity contribution >= 4 is 67.8 Å². The Morgan fingerprint density at radius 2 is 1.80 bits per heavy atom. The van der Waals surface area contributed by atoms with E-state index in [-0.39, 0.29) is 12.4 Å². The van der Waals surface area contributed by atoms with Crippen molar-refractivity contribution in [3.05, 3.63) is 45.3 Å². The van der Waals surface area contributed by atoms with Crippen LogP contribution in [0, 0.1) is 0 Å². The van der Waals surface area contributed by atoms with Crippen molar-refractivity contribution in [2.45, 2.75) is 25.4 Å². The van der Waals surface area contributed by atoms with Gasteiger partial charge < -0.3 is 10.0 Å². The first kappa shape index (κ1) is 19.2. The lowest BCUT2D eigenvalue weighted by Gasteiger charge is -2.28. The van der Waals surface area contributed by atoms with Gasteiger partial charge in [0.2, 0.25) is 0 Å². The number of benzene rings is 2. The molecule has 4 rings (SSSR count). The summed E-state index contributed by atoms with van der Waals surface area (Å²) >= 11 is 14.3. The van der Waals surface area contributed by atoms with E-state index in [9.17, 15) is 5.11 Å². The highest BCUT2D eigenvalue weighted by molar-refractivity contribution is 7.17. The number of hydrogen-bond acceptors (Lipinski definition) is 3. The highest BCUT2D eigenvalue weighted by Gasteiger charge is 2.20. The second kappa shape index (κ2) is 7.99. The summed E-state index contributed by atoms with van der Waals surface area (Å²) in [6.07, 6.45) is 3.25. The van der Waals surface area contributed by atoms with Gasteiger partial charge in [0.15, 0.2) is 0 Å². The molecule has 1 aliphatic rings. The van der Waals surface area contributed by atoms with E-state index >= 15 is 0 Å². The summed E-state index contributed by atoms with van der Waals surface area (Å²) in [5.74, 6) is 0. The van der Waals surface area contributed by atoms with Crippen LogP contribution < -0.4 is 0 Å². The van der Waals surface area contributed by atoms with Crippen LogP contribution >= 0.6 is 46.9 Å². The molecule has 0 saturated carbocycles. The molecule has 1 fully saturated rings. The van der Waals surface area contributed by atoms with E-state index in [1.165, 1.54) is 19.3 Å². The summed E-state index contributed by atoms with van der Waals surface area (Å²) < 4.78 is 1.13. The maximum Gasteiger partial charge on any atom is 0.0930 e. The maximum absolute atomic E-state index is 10.9. The number of aliphatic hydroxyl groups excluding tert-OH is 1. The quantitative estimate of drug-likeness (QED) is 0.541. The molecule has 2 aromatic carbocycles. The summed E-state index contributed by atoms with van der Waals surface area (Å²) in [6, 6.07) is 7.86. The Bertz CT molecular complexity index is 889. The Hall–Kier alpha value is -0.550. The van der Waals surface area contributed by atoms with Crippen molar-refractivity contribution in [1.82, 2.24) is 4.90 Å². The third-order valence-corrected chi connectivity index (χ3v) is 6.34. The molecular formula is C19H20Cl3NOS. The molecule has 0 spiro atoms. The molecule has 0 bridgehead atoms. The molecule has 1 N–H and O–H groups in total. The molecule has 134 valence electrons. The van der Waals surface area contributed by atoms with Crippen LogP contribution in [-0.4, -0.2) is 29.6 Å². The molecule has 2 heterocycles. The largest absolute Gasteiger partial charge is 0.387 e. The molecule has 1 saturated heterocycles. The fourth-order valence-electron chi connectivity index (χ4n) is 3.65. The topological polar surface area (TPSA) is 23.5 Å². The predicted octanol–water partition coefficient (Wildman–Crippen LogP) is 6.30. The summed E-state index contributed by atoms with van der Waals surface area (Å²) in [5.41, 5.74) is 0.974. The molecule has 1 aromatic heterocycles. The molecule has 0 aliphatic carbocycles. The van der Waals surface area contributed by atoms with Crippen molar-refractivity contribution in [1.29, 1.82) is 0 Å². The third-order valence-electron chi connectivity index (χ3n) is 4.85. The molecule has 0 radical (unpaired) electrons. The van der Waals surface area contributed by atoms with Crippen LogP contribution in [0.3, 0.4) is 0 Å². The minimum absolute atomic E-state index is 0. The number of aliphatic hydroxyl groups is 1. The van der Waals surface area contributed by atoms with Crippen LogP contribution in [0.15, 0.2) is 29.6 Å². The molecule has 25 heavy (non-hydrogen) atoms. The zero-order valence-electron chi connectivity index (χ0n) is 13.7. The lowest BCUT2D eigenvalue weighted by molar-refractivity contribution is 0.103. The number of thiophene rings is 1. The number of halogens is 3. The van der Waals surface area contributed by atoms with Gasteiger partial charge in [0, 0.05) is 37.6 Å². The van der Waals surface area contributed by atoms with Crippen LogP contribution in [0.1, 0.15) is 30.9 Å². The van der Waals surface area contributed by atoms with E-state index < -0.39 is 6.10 Å². The molecule has 1 atom stereocenters. The molecular weight excluding hydrogens is 397 g/mol. The van der Waals surface area contributed by atoms with Crippen molar-refractivity contribution < 1.29 is 5.11 Å². The summed E-state index contributed by atoms with van der Waals surface area (Å²) in [4.78, 5) is 2.36. The third kappa shape index (κ3) is 3.78. The molecule has 2 nitrogen and oxygen atoms in total. The van der Waals surface area contributed by atoms with Gasteiger partial charge in [-0.25, -0.2) is 0 Å². The number of likely N-dealkylation sites (tertiary alicyclic amines) is 1. The normalized spacial score (nSPS) is 16.9. The number of β-amino-alcohol motifs (C(OH)–C–C–N with tert-alkyl or cyclic N) is 1. The van der Waals surface area contributed by atoms with Gasteiger partial charge in [-0.3, -0.25) is 0 Å². The molecule has 1 aliphatic heterocycles. The lowest BCUT2D eigenvalue weighted by atomic mass is 9.99. The van der Waals surface area contributed by atoms with Crippen molar-refractivity contribution in [3.8, 4) is 0 Å². The van der Waals surface area contributed by atoms with Gasteiger partial charge in [-0.15, -0.1) is 23.7 Å². The first-order chi connectivity index (χ1) is 11.6. The predicted molar refractivity (Wildman–Crippen MR) is 112 cm³/mol. The molecule has 0 amide bonds. The SMILES string of the molecule is Cl.OC(CN1CCCCC1)c1cc2c(Cl)cc(Cl)cc2c2ccsc12. The number of rotatable bonds is 3.